The first-order valence-corrected chi connectivity index (χ1v) is 4.41. The normalized spacial score (nSPS) is 12.8. The number of hydrogen-bond acceptors (Lipinski definition) is 1. The lowest BCUT2D eigenvalue weighted by Gasteiger charge is -1.96. The van der Waals surface area contributed by atoms with Crippen molar-refractivity contribution in [3.63, 3.8) is 0 Å². The Morgan fingerprint density at radius 1 is 1.33 bits per heavy atom. The monoisotopic (exact) mass is 163 g/mol. The second-order valence-corrected chi connectivity index (χ2v) is 3.06. The maximum atomic E-state index is 8.35. The van der Waals surface area contributed by atoms with Gasteiger partial charge in [-0.15, -0.1) is 0 Å². The van der Waals surface area contributed by atoms with Gasteiger partial charge < -0.3 is 0 Å². The van der Waals surface area contributed by atoms with Gasteiger partial charge in [-0.25, -0.2) is 0 Å². The minimum absolute atomic E-state index is 1.00. The van der Waals surface area contributed by atoms with Crippen LogP contribution in [-0.4, -0.2) is 0 Å². The van der Waals surface area contributed by atoms with E-state index in [0.717, 1.165) is 24.8 Å². The topological polar surface area (TPSA) is 23.8 Å². The van der Waals surface area contributed by atoms with Gasteiger partial charge in [-0.05, 0) is 33.1 Å². The molecule has 66 valence electrons. The Hall–Kier alpha value is -1.03. The van der Waals surface area contributed by atoms with Crippen molar-refractivity contribution < 1.29 is 0 Å². The van der Waals surface area contributed by atoms with Crippen LogP contribution in [0.5, 0.6) is 0 Å². The molecule has 0 atom stereocenters. The lowest BCUT2D eigenvalue weighted by molar-refractivity contribution is 0.951. The lowest BCUT2D eigenvalue weighted by Crippen LogP contribution is -1.77. The average molecular weight is 163 g/mol. The molecule has 1 nitrogen and oxygen atoms in total. The van der Waals surface area contributed by atoms with Gasteiger partial charge in [-0.2, -0.15) is 5.26 Å². The molecule has 0 N–H and O–H groups in total. The van der Waals surface area contributed by atoms with Gasteiger partial charge in [0.25, 0.3) is 0 Å². The van der Waals surface area contributed by atoms with E-state index in [0.29, 0.717) is 0 Å². The number of hydrogen-bond donors (Lipinski definition) is 0. The summed E-state index contributed by atoms with van der Waals surface area (Å²) in [5.74, 6) is 0. The first kappa shape index (κ1) is 11.0. The zero-order chi connectivity index (χ0) is 9.40. The summed E-state index contributed by atoms with van der Waals surface area (Å²) in [6.45, 7) is 6.30. The van der Waals surface area contributed by atoms with E-state index in [-0.39, 0.29) is 0 Å². The Kier molecular flexibility index (Phi) is 6.09. The molecular formula is C11H17N. The molecule has 0 rings (SSSR count). The summed E-state index contributed by atoms with van der Waals surface area (Å²) in [6, 6.07) is 2.04. The molecule has 0 heterocycles. The van der Waals surface area contributed by atoms with Crippen molar-refractivity contribution in [1.29, 1.82) is 5.26 Å². The van der Waals surface area contributed by atoms with Crippen molar-refractivity contribution in [1.82, 2.24) is 0 Å². The fraction of sp³-hybridized carbons (Fsp3) is 0.545. The largest absolute Gasteiger partial charge is 0.193 e. The van der Waals surface area contributed by atoms with E-state index in [1.165, 1.54) is 5.57 Å². The molecule has 0 aliphatic heterocycles. The molecule has 0 aromatic rings. The van der Waals surface area contributed by atoms with Crippen LogP contribution >= 0.6 is 0 Å². The van der Waals surface area contributed by atoms with E-state index in [9.17, 15) is 0 Å². The van der Waals surface area contributed by atoms with Crippen molar-refractivity contribution >= 4 is 0 Å². The lowest BCUT2D eigenvalue weighted by atomic mass is 10.1. The quantitative estimate of drug-likeness (QED) is 0.459. The van der Waals surface area contributed by atoms with Crippen molar-refractivity contribution in [2.24, 2.45) is 0 Å². The predicted molar refractivity (Wildman–Crippen MR) is 52.7 cm³/mol. The third kappa shape index (κ3) is 5.73. The number of rotatable bonds is 4. The van der Waals surface area contributed by atoms with Gasteiger partial charge in [0.05, 0.1) is 6.07 Å². The van der Waals surface area contributed by atoms with Crippen LogP contribution in [0.3, 0.4) is 0 Å². The van der Waals surface area contributed by atoms with Gasteiger partial charge in [-0.3, -0.25) is 0 Å². The van der Waals surface area contributed by atoms with E-state index in [4.69, 9.17) is 5.26 Å². The molecule has 0 aromatic heterocycles. The van der Waals surface area contributed by atoms with Crippen LogP contribution in [0, 0.1) is 11.3 Å². The van der Waals surface area contributed by atoms with Gasteiger partial charge in [-0.1, -0.05) is 24.1 Å². The van der Waals surface area contributed by atoms with Crippen molar-refractivity contribution in [3.8, 4) is 6.07 Å². The Bertz CT molecular complexity index is 216. The second-order valence-electron chi connectivity index (χ2n) is 3.06. The van der Waals surface area contributed by atoms with Crippen LogP contribution in [0.25, 0.3) is 0 Å². The molecule has 1 heteroatoms. The van der Waals surface area contributed by atoms with Gasteiger partial charge in [0.15, 0.2) is 0 Å². The Morgan fingerprint density at radius 2 is 2.00 bits per heavy atom. The molecule has 0 saturated carbocycles. The van der Waals surface area contributed by atoms with Crippen LogP contribution in [0.4, 0.5) is 0 Å². The molecule has 0 unspecified atom stereocenters. The summed E-state index contributed by atoms with van der Waals surface area (Å²) in [5.41, 5.74) is 2.59. The average Bonchev–Trinajstić information content (AvgIpc) is 2.04. The summed E-state index contributed by atoms with van der Waals surface area (Å²) >= 11 is 0. The van der Waals surface area contributed by atoms with Crippen molar-refractivity contribution in [3.05, 3.63) is 23.3 Å². The van der Waals surface area contributed by atoms with Crippen LogP contribution in [-0.2, 0) is 0 Å². The first-order valence-electron chi connectivity index (χ1n) is 4.41. The van der Waals surface area contributed by atoms with Crippen molar-refractivity contribution in [2.75, 3.05) is 0 Å². The van der Waals surface area contributed by atoms with Crippen LogP contribution in [0.15, 0.2) is 23.3 Å². The van der Waals surface area contributed by atoms with Crippen molar-refractivity contribution in [2.45, 2.75) is 40.0 Å². The third-order valence-electron chi connectivity index (χ3n) is 1.90. The molecular weight excluding hydrogens is 146 g/mol. The number of allylic oxidation sites excluding steroid dienone is 4. The molecule has 0 spiro atoms. The van der Waals surface area contributed by atoms with E-state index in [1.807, 2.05) is 13.0 Å². The predicted octanol–water partition coefficient (Wildman–Crippen LogP) is 3.59. The first-order chi connectivity index (χ1) is 5.70. The smallest absolute Gasteiger partial charge is 0.0911 e. The minimum Gasteiger partial charge on any atom is -0.193 e. The van der Waals surface area contributed by atoms with E-state index in [1.54, 1.807) is 6.08 Å². The molecule has 0 radical (unpaired) electrons. The fourth-order valence-corrected chi connectivity index (χ4v) is 0.873. The van der Waals surface area contributed by atoms with Crippen LogP contribution < -0.4 is 0 Å². The summed E-state index contributed by atoms with van der Waals surface area (Å²) in [5, 5.41) is 8.35. The fourth-order valence-electron chi connectivity index (χ4n) is 0.873. The Labute approximate surface area is 75.4 Å². The highest BCUT2D eigenvalue weighted by Crippen LogP contribution is 2.07. The van der Waals surface area contributed by atoms with Gasteiger partial charge in [0.1, 0.15) is 0 Å². The minimum atomic E-state index is 1.00. The molecule has 0 fully saturated rings. The van der Waals surface area contributed by atoms with Gasteiger partial charge in [0, 0.05) is 6.08 Å². The van der Waals surface area contributed by atoms with Crippen LogP contribution in [0.2, 0.25) is 0 Å². The summed E-state index contributed by atoms with van der Waals surface area (Å²) in [7, 11) is 0. The Balaban J connectivity index is 3.72. The highest BCUT2D eigenvalue weighted by atomic mass is 14.2. The molecule has 0 saturated heterocycles. The zero-order valence-corrected chi connectivity index (χ0v) is 8.22. The van der Waals surface area contributed by atoms with Gasteiger partial charge in [0.2, 0.25) is 0 Å². The third-order valence-corrected chi connectivity index (χ3v) is 1.90. The van der Waals surface area contributed by atoms with Crippen LogP contribution in [0.1, 0.15) is 40.0 Å². The molecule has 0 bridgehead atoms. The second kappa shape index (κ2) is 6.67. The molecule has 0 aliphatic rings. The zero-order valence-electron chi connectivity index (χ0n) is 8.22. The standard InChI is InChI=1S/C11H17N/c1-4-10(2)6-5-7-11(3)8-9-12/h6,8H,4-5,7H2,1-3H3/b10-6+,11-8+. The van der Waals surface area contributed by atoms with E-state index in [2.05, 4.69) is 19.9 Å². The number of nitriles is 1. The van der Waals surface area contributed by atoms with Gasteiger partial charge >= 0.3 is 0 Å². The SMILES string of the molecule is CC/C(C)=C/CC/C(C)=C/C#N. The molecule has 12 heavy (non-hydrogen) atoms. The Morgan fingerprint density at radius 3 is 2.50 bits per heavy atom. The maximum Gasteiger partial charge on any atom is 0.0911 e. The molecule has 0 aromatic carbocycles. The number of nitrogens with zero attached hydrogens (tertiary/aromatic N) is 1. The summed E-state index contributed by atoms with van der Waals surface area (Å²) < 4.78 is 0. The highest BCUT2D eigenvalue weighted by Gasteiger charge is 1.88. The maximum absolute atomic E-state index is 8.35. The molecule has 0 aliphatic carbocycles. The van der Waals surface area contributed by atoms with E-state index >= 15 is 0 Å². The summed E-state index contributed by atoms with van der Waals surface area (Å²) in [6.07, 6.45) is 7.05. The summed E-state index contributed by atoms with van der Waals surface area (Å²) in [4.78, 5) is 0. The highest BCUT2D eigenvalue weighted by molar-refractivity contribution is 5.12. The molecule has 0 amide bonds. The van der Waals surface area contributed by atoms with E-state index < -0.39 is 0 Å².